The van der Waals surface area contributed by atoms with E-state index in [1.165, 1.54) is 30.3 Å². The molecular formula is C10H13FN2O2. The molecule has 15 heavy (non-hydrogen) atoms. The van der Waals surface area contributed by atoms with Crippen LogP contribution in [0.5, 0.6) is 0 Å². The average molecular weight is 212 g/mol. The molecule has 82 valence electrons. The lowest BCUT2D eigenvalue weighted by atomic mass is 10.4. The van der Waals surface area contributed by atoms with Gasteiger partial charge in [-0.05, 0) is 19.1 Å². The summed E-state index contributed by atoms with van der Waals surface area (Å²) in [7, 11) is 1.30. The number of esters is 1. The lowest BCUT2D eigenvalue weighted by Crippen LogP contribution is -2.31. The summed E-state index contributed by atoms with van der Waals surface area (Å²) in [4.78, 5) is 16.4. The van der Waals surface area contributed by atoms with Crippen LogP contribution in [0, 0.1) is 5.82 Å². The largest absolute Gasteiger partial charge is 0.468 e. The summed E-state index contributed by atoms with van der Waals surface area (Å²) in [5.74, 6) is -0.685. The van der Waals surface area contributed by atoms with Crippen molar-refractivity contribution in [2.45, 2.75) is 6.92 Å². The van der Waals surface area contributed by atoms with E-state index in [9.17, 15) is 9.18 Å². The molecule has 0 atom stereocenters. The Labute approximate surface area is 87.7 Å². The van der Waals surface area contributed by atoms with Gasteiger partial charge in [0.1, 0.15) is 6.54 Å². The number of rotatable bonds is 4. The minimum absolute atomic E-state index is 0.000926. The molecule has 0 aliphatic rings. The molecule has 4 nitrogen and oxygen atoms in total. The van der Waals surface area contributed by atoms with Crippen molar-refractivity contribution >= 4 is 11.8 Å². The van der Waals surface area contributed by atoms with E-state index in [1.54, 1.807) is 0 Å². The van der Waals surface area contributed by atoms with E-state index >= 15 is 0 Å². The van der Waals surface area contributed by atoms with Gasteiger partial charge < -0.3 is 9.64 Å². The van der Waals surface area contributed by atoms with E-state index in [2.05, 4.69) is 9.72 Å². The molecule has 0 amide bonds. The predicted molar refractivity (Wildman–Crippen MR) is 54.1 cm³/mol. The standard InChI is InChI=1S/C10H13FN2O2/c1-3-13(7-9(14)15-2)10-8(11)5-4-6-12-10/h4-6H,3,7H2,1-2H3. The molecule has 0 fully saturated rings. The minimum atomic E-state index is -0.441. The zero-order valence-corrected chi connectivity index (χ0v) is 8.74. The van der Waals surface area contributed by atoms with Gasteiger partial charge in [-0.1, -0.05) is 0 Å². The Morgan fingerprint density at radius 3 is 2.93 bits per heavy atom. The summed E-state index contributed by atoms with van der Waals surface area (Å²) in [6.45, 7) is 2.31. The van der Waals surface area contributed by atoms with Crippen molar-refractivity contribution in [3.05, 3.63) is 24.1 Å². The maximum absolute atomic E-state index is 13.3. The molecule has 0 saturated carbocycles. The molecule has 5 heteroatoms. The summed E-state index contributed by atoms with van der Waals surface area (Å²) in [5.41, 5.74) is 0. The van der Waals surface area contributed by atoms with E-state index in [0.29, 0.717) is 6.54 Å². The molecule has 1 aromatic rings. The number of likely N-dealkylation sites (N-methyl/N-ethyl adjacent to an activating group) is 1. The SMILES string of the molecule is CCN(CC(=O)OC)c1ncccc1F. The number of nitrogens with zero attached hydrogens (tertiary/aromatic N) is 2. The van der Waals surface area contributed by atoms with Crippen LogP contribution in [-0.4, -0.2) is 31.2 Å². The third-order valence-corrected chi connectivity index (χ3v) is 1.97. The highest BCUT2D eigenvalue weighted by Crippen LogP contribution is 2.14. The molecule has 0 spiro atoms. The third kappa shape index (κ3) is 2.90. The van der Waals surface area contributed by atoms with Gasteiger partial charge in [0.25, 0.3) is 0 Å². The second-order valence-electron chi connectivity index (χ2n) is 2.90. The van der Waals surface area contributed by atoms with Crippen LogP contribution in [0.3, 0.4) is 0 Å². The number of carbonyl (C=O) groups excluding carboxylic acids is 1. The topological polar surface area (TPSA) is 42.4 Å². The van der Waals surface area contributed by atoms with Crippen molar-refractivity contribution < 1.29 is 13.9 Å². The summed E-state index contributed by atoms with van der Waals surface area (Å²) in [6.07, 6.45) is 1.48. The van der Waals surface area contributed by atoms with Crippen LogP contribution >= 0.6 is 0 Å². The second kappa shape index (κ2) is 5.29. The van der Waals surface area contributed by atoms with Crippen LogP contribution in [0.2, 0.25) is 0 Å². The summed E-state index contributed by atoms with van der Waals surface area (Å²) in [6, 6.07) is 2.81. The maximum atomic E-state index is 13.3. The smallest absolute Gasteiger partial charge is 0.325 e. The summed E-state index contributed by atoms with van der Waals surface area (Å²) >= 11 is 0. The van der Waals surface area contributed by atoms with Gasteiger partial charge in [-0.3, -0.25) is 4.79 Å². The normalized spacial score (nSPS) is 9.80. The van der Waals surface area contributed by atoms with Gasteiger partial charge in [0.05, 0.1) is 7.11 Å². The van der Waals surface area contributed by atoms with Crippen LogP contribution in [0.1, 0.15) is 6.92 Å². The van der Waals surface area contributed by atoms with Crippen LogP contribution in [0.15, 0.2) is 18.3 Å². The molecule has 0 bridgehead atoms. The molecule has 1 rings (SSSR count). The van der Waals surface area contributed by atoms with Crippen molar-refractivity contribution in [2.24, 2.45) is 0 Å². The number of methoxy groups -OCH3 is 1. The molecule has 0 aliphatic heterocycles. The first-order valence-electron chi connectivity index (χ1n) is 4.61. The molecule has 0 aromatic carbocycles. The van der Waals surface area contributed by atoms with Crippen molar-refractivity contribution in [2.75, 3.05) is 25.1 Å². The van der Waals surface area contributed by atoms with E-state index < -0.39 is 11.8 Å². The Bertz CT molecular complexity index is 344. The summed E-state index contributed by atoms with van der Waals surface area (Å²) < 4.78 is 17.8. The fraction of sp³-hybridized carbons (Fsp3) is 0.400. The Morgan fingerprint density at radius 2 is 2.40 bits per heavy atom. The van der Waals surface area contributed by atoms with Crippen molar-refractivity contribution in [3.63, 3.8) is 0 Å². The number of aromatic nitrogens is 1. The highest BCUT2D eigenvalue weighted by molar-refractivity contribution is 5.75. The Kier molecular flexibility index (Phi) is 4.03. The van der Waals surface area contributed by atoms with Crippen LogP contribution in [-0.2, 0) is 9.53 Å². The number of pyridine rings is 1. The van der Waals surface area contributed by atoms with Crippen molar-refractivity contribution in [1.82, 2.24) is 4.98 Å². The third-order valence-electron chi connectivity index (χ3n) is 1.97. The molecule has 0 aliphatic carbocycles. The highest BCUT2D eigenvalue weighted by atomic mass is 19.1. The van der Waals surface area contributed by atoms with Gasteiger partial charge in [0, 0.05) is 12.7 Å². The maximum Gasteiger partial charge on any atom is 0.325 e. The van der Waals surface area contributed by atoms with Gasteiger partial charge in [0.2, 0.25) is 0 Å². The lowest BCUT2D eigenvalue weighted by Gasteiger charge is -2.20. The molecule has 1 aromatic heterocycles. The molecular weight excluding hydrogens is 199 g/mol. The van der Waals surface area contributed by atoms with Crippen LogP contribution < -0.4 is 4.90 Å². The van der Waals surface area contributed by atoms with Crippen molar-refractivity contribution in [3.8, 4) is 0 Å². The zero-order chi connectivity index (χ0) is 11.3. The average Bonchev–Trinajstić information content (AvgIpc) is 2.26. The number of halogens is 1. The molecule has 0 N–H and O–H groups in total. The Balaban J connectivity index is 2.83. The van der Waals surface area contributed by atoms with E-state index in [4.69, 9.17) is 0 Å². The first-order chi connectivity index (χ1) is 7.19. The number of carbonyl (C=O) groups is 1. The summed E-state index contributed by atoms with van der Waals surface area (Å²) in [5, 5.41) is 0. The zero-order valence-electron chi connectivity index (χ0n) is 8.74. The Morgan fingerprint density at radius 1 is 1.67 bits per heavy atom. The minimum Gasteiger partial charge on any atom is -0.468 e. The molecule has 0 saturated heterocycles. The van der Waals surface area contributed by atoms with Crippen LogP contribution in [0.25, 0.3) is 0 Å². The quantitative estimate of drug-likeness (QED) is 0.704. The first-order valence-corrected chi connectivity index (χ1v) is 4.61. The van der Waals surface area contributed by atoms with Crippen LogP contribution in [0.4, 0.5) is 10.2 Å². The fourth-order valence-corrected chi connectivity index (χ4v) is 1.17. The number of hydrogen-bond acceptors (Lipinski definition) is 4. The van der Waals surface area contributed by atoms with Gasteiger partial charge in [-0.2, -0.15) is 0 Å². The molecule has 0 unspecified atom stereocenters. The van der Waals surface area contributed by atoms with Crippen molar-refractivity contribution in [1.29, 1.82) is 0 Å². The Hall–Kier alpha value is -1.65. The molecule has 1 heterocycles. The predicted octanol–water partition coefficient (Wildman–Crippen LogP) is 1.22. The van der Waals surface area contributed by atoms with Gasteiger partial charge >= 0.3 is 5.97 Å². The van der Waals surface area contributed by atoms with Gasteiger partial charge in [-0.15, -0.1) is 0 Å². The number of hydrogen-bond donors (Lipinski definition) is 0. The second-order valence-corrected chi connectivity index (χ2v) is 2.90. The van der Waals surface area contributed by atoms with Gasteiger partial charge in [-0.25, -0.2) is 9.37 Å². The van der Waals surface area contributed by atoms with E-state index in [0.717, 1.165) is 0 Å². The number of ether oxygens (including phenoxy) is 1. The number of anilines is 1. The highest BCUT2D eigenvalue weighted by Gasteiger charge is 2.14. The van der Waals surface area contributed by atoms with Gasteiger partial charge in [0.15, 0.2) is 11.6 Å². The first kappa shape index (κ1) is 11.4. The van der Waals surface area contributed by atoms with E-state index in [-0.39, 0.29) is 12.4 Å². The molecule has 0 radical (unpaired) electrons. The lowest BCUT2D eigenvalue weighted by molar-refractivity contribution is -0.138. The monoisotopic (exact) mass is 212 g/mol. The fourth-order valence-electron chi connectivity index (χ4n) is 1.17. The van der Waals surface area contributed by atoms with E-state index in [1.807, 2.05) is 6.92 Å².